The van der Waals surface area contributed by atoms with E-state index in [-0.39, 0.29) is 6.61 Å². The molecule has 0 N–H and O–H groups in total. The van der Waals surface area contributed by atoms with E-state index < -0.39 is 5.97 Å². The maximum absolute atomic E-state index is 11.8. The van der Waals surface area contributed by atoms with E-state index in [0.717, 1.165) is 11.1 Å². The Balaban J connectivity index is 1.95. The van der Waals surface area contributed by atoms with E-state index in [0.29, 0.717) is 16.5 Å². The molecule has 0 aliphatic heterocycles. The highest BCUT2D eigenvalue weighted by Gasteiger charge is 2.04. The van der Waals surface area contributed by atoms with Crippen LogP contribution >= 0.6 is 11.6 Å². The normalized spacial score (nSPS) is 10.6. The summed E-state index contributed by atoms with van der Waals surface area (Å²) < 4.78 is 15.5. The number of esters is 1. The molecule has 0 saturated carbocycles. The van der Waals surface area contributed by atoms with Crippen molar-refractivity contribution < 1.29 is 19.0 Å². The number of rotatable bonds is 6. The number of ether oxygens (including phenoxy) is 3. The van der Waals surface area contributed by atoms with Gasteiger partial charge in [-0.3, -0.25) is 0 Å². The molecule has 0 heterocycles. The summed E-state index contributed by atoms with van der Waals surface area (Å²) in [6.07, 6.45) is 3.02. The van der Waals surface area contributed by atoms with Crippen molar-refractivity contribution in [1.82, 2.24) is 0 Å². The summed E-state index contributed by atoms with van der Waals surface area (Å²) >= 11 is 5.88. The zero-order valence-corrected chi connectivity index (χ0v) is 13.7. The molecule has 0 spiro atoms. The van der Waals surface area contributed by atoms with Crippen LogP contribution in [0.2, 0.25) is 5.02 Å². The molecule has 5 heteroatoms. The standard InChI is InChI=1S/C18H17ClO4/c1-21-16-8-6-13(11-17(16)22-2)7-9-18(20)23-12-14-4-3-5-15(19)10-14/h3-11H,12H2,1-2H3/b9-7+. The highest BCUT2D eigenvalue weighted by atomic mass is 35.5. The Morgan fingerprint density at radius 1 is 1.09 bits per heavy atom. The summed E-state index contributed by atoms with van der Waals surface area (Å²) in [6.45, 7) is 0.176. The van der Waals surface area contributed by atoms with Gasteiger partial charge in [0.25, 0.3) is 0 Å². The lowest BCUT2D eigenvalue weighted by molar-refractivity contribution is -0.138. The van der Waals surface area contributed by atoms with Gasteiger partial charge < -0.3 is 14.2 Å². The molecule has 2 aromatic carbocycles. The molecular weight excluding hydrogens is 316 g/mol. The van der Waals surface area contributed by atoms with Crippen LogP contribution in [0.5, 0.6) is 11.5 Å². The molecular formula is C18H17ClO4. The smallest absolute Gasteiger partial charge is 0.331 e. The van der Waals surface area contributed by atoms with Crippen molar-refractivity contribution in [3.63, 3.8) is 0 Å². The van der Waals surface area contributed by atoms with E-state index in [1.54, 1.807) is 44.6 Å². The average Bonchev–Trinajstić information content (AvgIpc) is 2.57. The van der Waals surface area contributed by atoms with Gasteiger partial charge in [-0.1, -0.05) is 29.8 Å². The maximum Gasteiger partial charge on any atom is 0.331 e. The molecule has 2 rings (SSSR count). The van der Waals surface area contributed by atoms with Crippen LogP contribution in [0.25, 0.3) is 6.08 Å². The second-order valence-electron chi connectivity index (χ2n) is 4.69. The van der Waals surface area contributed by atoms with Crippen molar-refractivity contribution in [2.75, 3.05) is 14.2 Å². The number of hydrogen-bond donors (Lipinski definition) is 0. The van der Waals surface area contributed by atoms with Crippen LogP contribution in [0.3, 0.4) is 0 Å². The summed E-state index contributed by atoms with van der Waals surface area (Å²) in [5.41, 5.74) is 1.65. The summed E-state index contributed by atoms with van der Waals surface area (Å²) in [5, 5.41) is 0.611. The first kappa shape index (κ1) is 16.9. The molecule has 0 aliphatic rings. The third-order valence-electron chi connectivity index (χ3n) is 3.09. The van der Waals surface area contributed by atoms with Crippen LogP contribution in [-0.4, -0.2) is 20.2 Å². The van der Waals surface area contributed by atoms with Crippen molar-refractivity contribution in [2.45, 2.75) is 6.61 Å². The van der Waals surface area contributed by atoms with Gasteiger partial charge in [-0.05, 0) is 41.5 Å². The minimum atomic E-state index is -0.431. The third kappa shape index (κ3) is 5.04. The Morgan fingerprint density at radius 2 is 1.87 bits per heavy atom. The number of hydrogen-bond acceptors (Lipinski definition) is 4. The Bertz CT molecular complexity index is 710. The Labute approximate surface area is 140 Å². The van der Waals surface area contributed by atoms with Crippen LogP contribution in [0.1, 0.15) is 11.1 Å². The van der Waals surface area contributed by atoms with Crippen LogP contribution in [0.4, 0.5) is 0 Å². The minimum absolute atomic E-state index is 0.176. The molecule has 0 fully saturated rings. The topological polar surface area (TPSA) is 44.8 Å². The Kier molecular flexibility index (Phi) is 6.06. The van der Waals surface area contributed by atoms with Gasteiger partial charge in [-0.25, -0.2) is 4.79 Å². The highest BCUT2D eigenvalue weighted by molar-refractivity contribution is 6.30. The van der Waals surface area contributed by atoms with Crippen LogP contribution < -0.4 is 9.47 Å². The second-order valence-corrected chi connectivity index (χ2v) is 5.12. The van der Waals surface area contributed by atoms with Gasteiger partial charge >= 0.3 is 5.97 Å². The van der Waals surface area contributed by atoms with E-state index in [9.17, 15) is 4.79 Å². The van der Waals surface area contributed by atoms with Crippen LogP contribution in [0.15, 0.2) is 48.5 Å². The lowest BCUT2D eigenvalue weighted by Gasteiger charge is -2.07. The molecule has 0 unspecified atom stereocenters. The number of carbonyl (C=O) groups is 1. The summed E-state index contributed by atoms with van der Waals surface area (Å²) in [7, 11) is 3.13. The predicted octanol–water partition coefficient (Wildman–Crippen LogP) is 4.11. The van der Waals surface area contributed by atoms with Crippen LogP contribution in [0, 0.1) is 0 Å². The molecule has 0 amide bonds. The van der Waals surface area contributed by atoms with E-state index in [1.165, 1.54) is 6.08 Å². The molecule has 0 bridgehead atoms. The van der Waals surface area contributed by atoms with Gasteiger partial charge in [0.2, 0.25) is 0 Å². The van der Waals surface area contributed by atoms with Crippen molar-refractivity contribution in [3.05, 3.63) is 64.7 Å². The molecule has 0 atom stereocenters. The molecule has 120 valence electrons. The Hall–Kier alpha value is -2.46. The number of benzene rings is 2. The van der Waals surface area contributed by atoms with E-state index in [1.807, 2.05) is 18.2 Å². The fourth-order valence-electron chi connectivity index (χ4n) is 1.95. The first-order chi connectivity index (χ1) is 11.1. The van der Waals surface area contributed by atoms with Gasteiger partial charge in [-0.2, -0.15) is 0 Å². The molecule has 0 aromatic heterocycles. The maximum atomic E-state index is 11.8. The van der Waals surface area contributed by atoms with Crippen LogP contribution in [-0.2, 0) is 16.1 Å². The summed E-state index contributed by atoms with van der Waals surface area (Å²) in [6, 6.07) is 12.6. The lowest BCUT2D eigenvalue weighted by atomic mass is 10.2. The van der Waals surface area contributed by atoms with Gasteiger partial charge in [0, 0.05) is 11.1 Å². The highest BCUT2D eigenvalue weighted by Crippen LogP contribution is 2.27. The van der Waals surface area contributed by atoms with Gasteiger partial charge in [0.1, 0.15) is 6.61 Å². The van der Waals surface area contributed by atoms with E-state index in [2.05, 4.69) is 0 Å². The molecule has 0 radical (unpaired) electrons. The quantitative estimate of drug-likeness (QED) is 0.590. The first-order valence-electron chi connectivity index (χ1n) is 6.93. The van der Waals surface area contributed by atoms with Crippen molar-refractivity contribution >= 4 is 23.6 Å². The number of carbonyl (C=O) groups excluding carboxylic acids is 1. The lowest BCUT2D eigenvalue weighted by Crippen LogP contribution is -2.00. The third-order valence-corrected chi connectivity index (χ3v) is 3.32. The first-order valence-corrected chi connectivity index (χ1v) is 7.31. The van der Waals surface area contributed by atoms with E-state index >= 15 is 0 Å². The monoisotopic (exact) mass is 332 g/mol. The van der Waals surface area contributed by atoms with Crippen molar-refractivity contribution in [2.24, 2.45) is 0 Å². The van der Waals surface area contributed by atoms with E-state index in [4.69, 9.17) is 25.8 Å². The zero-order valence-electron chi connectivity index (χ0n) is 12.9. The fraction of sp³-hybridized carbons (Fsp3) is 0.167. The average molecular weight is 333 g/mol. The van der Waals surface area contributed by atoms with Crippen molar-refractivity contribution in [1.29, 1.82) is 0 Å². The fourth-order valence-corrected chi connectivity index (χ4v) is 2.16. The number of halogens is 1. The molecule has 2 aromatic rings. The molecule has 4 nitrogen and oxygen atoms in total. The predicted molar refractivity (Wildman–Crippen MR) is 89.8 cm³/mol. The molecule has 0 saturated heterocycles. The van der Waals surface area contributed by atoms with Crippen molar-refractivity contribution in [3.8, 4) is 11.5 Å². The second kappa shape index (κ2) is 8.25. The molecule has 0 aliphatic carbocycles. The summed E-state index contributed by atoms with van der Waals surface area (Å²) in [4.78, 5) is 11.8. The van der Waals surface area contributed by atoms with Gasteiger partial charge in [0.15, 0.2) is 11.5 Å². The molecule has 23 heavy (non-hydrogen) atoms. The SMILES string of the molecule is COc1ccc(/C=C/C(=O)OCc2cccc(Cl)c2)cc1OC. The zero-order chi connectivity index (χ0) is 16.7. The summed E-state index contributed by atoms with van der Waals surface area (Å²) in [5.74, 6) is 0.801. The Morgan fingerprint density at radius 3 is 2.57 bits per heavy atom. The largest absolute Gasteiger partial charge is 0.493 e. The van der Waals surface area contributed by atoms with Gasteiger partial charge in [0.05, 0.1) is 14.2 Å². The minimum Gasteiger partial charge on any atom is -0.493 e. The number of methoxy groups -OCH3 is 2. The van der Waals surface area contributed by atoms with Gasteiger partial charge in [-0.15, -0.1) is 0 Å².